The molecule has 98 valence electrons. The molecule has 0 radical (unpaired) electrons. The zero-order chi connectivity index (χ0) is 13.0. The lowest BCUT2D eigenvalue weighted by Gasteiger charge is -2.13. The number of hydrogen-bond acceptors (Lipinski definition) is 2. The van der Waals surface area contributed by atoms with Gasteiger partial charge in [0.25, 0.3) is 5.91 Å². The standard InChI is InChI=1S/C13H15BrFNO2/c14-11-6-5-9(15)7-12(11)18-8-13(17)16-10-3-1-2-4-10/h5-7,10H,1-4,8H2,(H,16,17). The first-order chi connectivity index (χ1) is 8.65. The minimum atomic E-state index is -0.385. The third-order valence-electron chi connectivity index (χ3n) is 2.97. The van der Waals surface area contributed by atoms with Crippen LogP contribution in [0.4, 0.5) is 4.39 Å². The summed E-state index contributed by atoms with van der Waals surface area (Å²) in [6.07, 6.45) is 4.41. The Bertz CT molecular complexity index is 433. The summed E-state index contributed by atoms with van der Waals surface area (Å²) < 4.78 is 18.9. The molecule has 1 N–H and O–H groups in total. The van der Waals surface area contributed by atoms with Gasteiger partial charge in [0.2, 0.25) is 0 Å². The van der Waals surface area contributed by atoms with Crippen LogP contribution in [0, 0.1) is 5.82 Å². The third kappa shape index (κ3) is 3.70. The number of hydrogen-bond donors (Lipinski definition) is 1. The number of benzene rings is 1. The van der Waals surface area contributed by atoms with Crippen molar-refractivity contribution in [1.29, 1.82) is 0 Å². The maximum atomic E-state index is 13.0. The molecule has 0 unspecified atom stereocenters. The number of carbonyl (C=O) groups excluding carboxylic acids is 1. The number of rotatable bonds is 4. The lowest BCUT2D eigenvalue weighted by atomic mass is 10.2. The molecule has 0 aromatic heterocycles. The number of carbonyl (C=O) groups is 1. The van der Waals surface area contributed by atoms with Crippen molar-refractivity contribution >= 4 is 21.8 Å². The predicted molar refractivity (Wildman–Crippen MR) is 70.0 cm³/mol. The Hall–Kier alpha value is -1.10. The summed E-state index contributed by atoms with van der Waals surface area (Å²) in [6.45, 7) is -0.0848. The van der Waals surface area contributed by atoms with Crippen molar-refractivity contribution in [3.8, 4) is 5.75 Å². The summed E-state index contributed by atoms with van der Waals surface area (Å²) in [5.74, 6) is -0.195. The van der Waals surface area contributed by atoms with Gasteiger partial charge in [-0.25, -0.2) is 4.39 Å². The smallest absolute Gasteiger partial charge is 0.258 e. The molecule has 1 saturated carbocycles. The van der Waals surface area contributed by atoms with Gasteiger partial charge in [-0.3, -0.25) is 4.79 Å². The summed E-state index contributed by atoms with van der Waals surface area (Å²) in [5, 5.41) is 2.91. The van der Waals surface area contributed by atoms with E-state index in [9.17, 15) is 9.18 Å². The van der Waals surface area contributed by atoms with Crippen molar-refractivity contribution < 1.29 is 13.9 Å². The van der Waals surface area contributed by atoms with Gasteiger partial charge >= 0.3 is 0 Å². The van der Waals surface area contributed by atoms with Gasteiger partial charge in [0.15, 0.2) is 6.61 Å². The Kier molecular flexibility index (Phi) is 4.58. The molecule has 0 atom stereocenters. The summed E-state index contributed by atoms with van der Waals surface area (Å²) in [7, 11) is 0. The van der Waals surface area contributed by atoms with Crippen molar-refractivity contribution in [2.75, 3.05) is 6.61 Å². The molecule has 1 amide bonds. The normalized spacial score (nSPS) is 15.7. The fraction of sp³-hybridized carbons (Fsp3) is 0.462. The van der Waals surface area contributed by atoms with Gasteiger partial charge in [-0.05, 0) is 40.9 Å². The van der Waals surface area contributed by atoms with Gasteiger partial charge < -0.3 is 10.1 Å². The molecule has 1 aliphatic carbocycles. The van der Waals surface area contributed by atoms with E-state index in [-0.39, 0.29) is 24.4 Å². The van der Waals surface area contributed by atoms with Crippen LogP contribution >= 0.6 is 15.9 Å². The first-order valence-electron chi connectivity index (χ1n) is 6.02. The van der Waals surface area contributed by atoms with E-state index in [2.05, 4.69) is 21.2 Å². The van der Waals surface area contributed by atoms with E-state index < -0.39 is 0 Å². The molecule has 5 heteroatoms. The van der Waals surface area contributed by atoms with Crippen LogP contribution < -0.4 is 10.1 Å². The quantitative estimate of drug-likeness (QED) is 0.927. The zero-order valence-electron chi connectivity index (χ0n) is 9.92. The summed E-state index contributed by atoms with van der Waals surface area (Å²) in [4.78, 5) is 11.6. The highest BCUT2D eigenvalue weighted by molar-refractivity contribution is 9.10. The first kappa shape index (κ1) is 13.3. The molecule has 1 aromatic carbocycles. The Balaban J connectivity index is 1.83. The first-order valence-corrected chi connectivity index (χ1v) is 6.81. The van der Waals surface area contributed by atoms with Gasteiger partial charge in [-0.1, -0.05) is 12.8 Å². The fourth-order valence-corrected chi connectivity index (χ4v) is 2.43. The fourth-order valence-electron chi connectivity index (χ4n) is 2.07. The number of halogens is 2. The van der Waals surface area contributed by atoms with Gasteiger partial charge in [0.1, 0.15) is 11.6 Å². The maximum Gasteiger partial charge on any atom is 0.258 e. The molecule has 0 spiro atoms. The average Bonchev–Trinajstić information content (AvgIpc) is 2.83. The minimum Gasteiger partial charge on any atom is -0.482 e. The highest BCUT2D eigenvalue weighted by atomic mass is 79.9. The van der Waals surface area contributed by atoms with Gasteiger partial charge in [0.05, 0.1) is 4.47 Å². The Labute approximate surface area is 114 Å². The van der Waals surface area contributed by atoms with Crippen LogP contribution in [0.5, 0.6) is 5.75 Å². The van der Waals surface area contributed by atoms with Crippen LogP contribution in [0.15, 0.2) is 22.7 Å². The van der Waals surface area contributed by atoms with E-state index in [1.54, 1.807) is 6.07 Å². The topological polar surface area (TPSA) is 38.3 Å². The van der Waals surface area contributed by atoms with Crippen LogP contribution in [0.2, 0.25) is 0 Å². The van der Waals surface area contributed by atoms with E-state index >= 15 is 0 Å². The molecule has 3 nitrogen and oxygen atoms in total. The van der Waals surface area contributed by atoms with Gasteiger partial charge in [-0.2, -0.15) is 0 Å². The highest BCUT2D eigenvalue weighted by Gasteiger charge is 2.17. The summed E-state index contributed by atoms with van der Waals surface area (Å²) in [5.41, 5.74) is 0. The number of nitrogens with one attached hydrogen (secondary N) is 1. The number of amides is 1. The second-order valence-corrected chi connectivity index (χ2v) is 5.27. The van der Waals surface area contributed by atoms with E-state index in [1.165, 1.54) is 25.0 Å². The minimum absolute atomic E-state index is 0.0848. The average molecular weight is 316 g/mol. The van der Waals surface area contributed by atoms with Crippen molar-refractivity contribution in [2.24, 2.45) is 0 Å². The van der Waals surface area contributed by atoms with Crippen molar-refractivity contribution in [3.63, 3.8) is 0 Å². The van der Waals surface area contributed by atoms with E-state index in [0.29, 0.717) is 10.2 Å². The SMILES string of the molecule is O=C(COc1cc(F)ccc1Br)NC1CCCC1. The largest absolute Gasteiger partial charge is 0.482 e. The van der Waals surface area contributed by atoms with Crippen molar-refractivity contribution in [1.82, 2.24) is 5.32 Å². The lowest BCUT2D eigenvalue weighted by Crippen LogP contribution is -2.36. The highest BCUT2D eigenvalue weighted by Crippen LogP contribution is 2.25. The molecule has 18 heavy (non-hydrogen) atoms. The zero-order valence-corrected chi connectivity index (χ0v) is 11.5. The molecular weight excluding hydrogens is 301 g/mol. The summed E-state index contributed by atoms with van der Waals surface area (Å²) >= 11 is 3.25. The van der Waals surface area contributed by atoms with Crippen molar-refractivity contribution in [3.05, 3.63) is 28.5 Å². The van der Waals surface area contributed by atoms with Crippen LogP contribution in [-0.4, -0.2) is 18.6 Å². The van der Waals surface area contributed by atoms with E-state index in [1.807, 2.05) is 0 Å². The van der Waals surface area contributed by atoms with Crippen LogP contribution in [0.3, 0.4) is 0 Å². The molecule has 2 rings (SSSR count). The van der Waals surface area contributed by atoms with E-state index in [0.717, 1.165) is 12.8 Å². The van der Waals surface area contributed by atoms with Crippen LogP contribution in [-0.2, 0) is 4.79 Å². The molecule has 0 heterocycles. The Morgan fingerprint density at radius 1 is 1.44 bits per heavy atom. The monoisotopic (exact) mass is 315 g/mol. The molecule has 1 aliphatic rings. The third-order valence-corrected chi connectivity index (χ3v) is 3.63. The molecule has 0 saturated heterocycles. The lowest BCUT2D eigenvalue weighted by molar-refractivity contribution is -0.123. The Morgan fingerprint density at radius 3 is 2.89 bits per heavy atom. The van der Waals surface area contributed by atoms with Gasteiger partial charge in [0, 0.05) is 12.1 Å². The maximum absolute atomic E-state index is 13.0. The predicted octanol–water partition coefficient (Wildman–Crippen LogP) is 3.03. The molecule has 0 bridgehead atoms. The molecular formula is C13H15BrFNO2. The van der Waals surface area contributed by atoms with Crippen molar-refractivity contribution in [2.45, 2.75) is 31.7 Å². The van der Waals surface area contributed by atoms with Gasteiger partial charge in [-0.15, -0.1) is 0 Å². The second kappa shape index (κ2) is 6.18. The summed E-state index contributed by atoms with van der Waals surface area (Å²) in [6, 6.07) is 4.42. The molecule has 0 aliphatic heterocycles. The molecule has 1 fully saturated rings. The van der Waals surface area contributed by atoms with Crippen LogP contribution in [0.25, 0.3) is 0 Å². The van der Waals surface area contributed by atoms with Crippen LogP contribution in [0.1, 0.15) is 25.7 Å². The Morgan fingerprint density at radius 2 is 2.17 bits per heavy atom. The second-order valence-electron chi connectivity index (χ2n) is 4.41. The molecule has 1 aromatic rings. The van der Waals surface area contributed by atoms with E-state index in [4.69, 9.17) is 4.74 Å². The number of ether oxygens (including phenoxy) is 1.